The second-order valence-corrected chi connectivity index (χ2v) is 6.24. The van der Waals surface area contributed by atoms with Crippen molar-refractivity contribution in [3.63, 3.8) is 0 Å². The van der Waals surface area contributed by atoms with Gasteiger partial charge in [-0.15, -0.1) is 0 Å². The van der Waals surface area contributed by atoms with Crippen LogP contribution in [-0.4, -0.2) is 28.0 Å². The summed E-state index contributed by atoms with van der Waals surface area (Å²) in [5, 5.41) is 5.40. The molecule has 3 rings (SSSR count). The highest BCUT2D eigenvalue weighted by Gasteiger charge is 2.17. The molecule has 0 radical (unpaired) electrons. The first-order valence-electron chi connectivity index (χ1n) is 8.54. The Balaban J connectivity index is 1.56. The van der Waals surface area contributed by atoms with Crippen molar-refractivity contribution in [2.75, 3.05) is 11.9 Å². The van der Waals surface area contributed by atoms with Crippen LogP contribution in [0.15, 0.2) is 24.3 Å². The molecule has 0 aliphatic carbocycles. The molecule has 1 aliphatic heterocycles. The lowest BCUT2D eigenvalue weighted by Gasteiger charge is -2.16. The Morgan fingerprint density at radius 2 is 2.00 bits per heavy atom. The summed E-state index contributed by atoms with van der Waals surface area (Å²) in [4.78, 5) is 27.7. The van der Waals surface area contributed by atoms with Gasteiger partial charge in [0, 0.05) is 42.9 Å². The predicted octanol–water partition coefficient (Wildman–Crippen LogP) is 1.99. The van der Waals surface area contributed by atoms with Crippen molar-refractivity contribution in [3.8, 4) is 0 Å². The van der Waals surface area contributed by atoms with Crippen LogP contribution in [0.2, 0.25) is 0 Å². The van der Waals surface area contributed by atoms with Gasteiger partial charge < -0.3 is 20.9 Å². The summed E-state index contributed by atoms with van der Waals surface area (Å²) < 4.78 is 2.30. The van der Waals surface area contributed by atoms with E-state index in [4.69, 9.17) is 5.73 Å². The van der Waals surface area contributed by atoms with Crippen molar-refractivity contribution >= 4 is 17.6 Å². The second kappa shape index (κ2) is 7.38. The van der Waals surface area contributed by atoms with E-state index >= 15 is 0 Å². The number of carbonyl (C=O) groups is 2. The van der Waals surface area contributed by atoms with Crippen molar-refractivity contribution in [2.24, 2.45) is 5.73 Å². The number of benzene rings is 1. The summed E-state index contributed by atoms with van der Waals surface area (Å²) in [6.45, 7) is 3.62. The van der Waals surface area contributed by atoms with Gasteiger partial charge in [-0.25, -0.2) is 9.78 Å². The lowest BCUT2D eigenvalue weighted by atomic mass is 10.1. The number of aromatic nitrogens is 2. The summed E-state index contributed by atoms with van der Waals surface area (Å²) in [5.74, 6) is 1.03. The fraction of sp³-hybridized carbons (Fsp3) is 0.389. The van der Waals surface area contributed by atoms with Gasteiger partial charge >= 0.3 is 6.03 Å². The summed E-state index contributed by atoms with van der Waals surface area (Å²) in [6.07, 6.45) is 4.20. The number of amides is 3. The van der Waals surface area contributed by atoms with Gasteiger partial charge in [0.25, 0.3) is 5.91 Å². The van der Waals surface area contributed by atoms with E-state index in [9.17, 15) is 9.59 Å². The molecule has 2 aromatic rings. The Kier molecular flexibility index (Phi) is 5.02. The molecule has 1 aliphatic rings. The number of carbonyl (C=O) groups excluding carboxylic acids is 2. The fourth-order valence-electron chi connectivity index (χ4n) is 3.24. The topological polar surface area (TPSA) is 102 Å². The van der Waals surface area contributed by atoms with Gasteiger partial charge in [-0.3, -0.25) is 4.79 Å². The predicted molar refractivity (Wildman–Crippen MR) is 95.6 cm³/mol. The third-order valence-corrected chi connectivity index (χ3v) is 4.45. The van der Waals surface area contributed by atoms with E-state index in [2.05, 4.69) is 20.2 Å². The van der Waals surface area contributed by atoms with Crippen molar-refractivity contribution in [2.45, 2.75) is 39.2 Å². The zero-order valence-corrected chi connectivity index (χ0v) is 14.3. The Morgan fingerprint density at radius 1 is 1.24 bits per heavy atom. The average Bonchev–Trinajstić information content (AvgIpc) is 2.90. The van der Waals surface area contributed by atoms with Crippen molar-refractivity contribution in [1.82, 2.24) is 14.9 Å². The van der Waals surface area contributed by atoms with Gasteiger partial charge in [0.05, 0.1) is 5.69 Å². The lowest BCUT2D eigenvalue weighted by Crippen LogP contribution is -2.27. The molecule has 0 saturated carbocycles. The highest BCUT2D eigenvalue weighted by molar-refractivity contribution is 5.95. The smallest absolute Gasteiger partial charge is 0.316 e. The number of nitrogens with one attached hydrogen (secondary N) is 2. The Bertz CT molecular complexity index is 780. The Morgan fingerprint density at radius 3 is 2.72 bits per heavy atom. The number of primary amides is 1. The minimum Gasteiger partial charge on any atom is -0.352 e. The normalized spacial score (nSPS) is 13.2. The van der Waals surface area contributed by atoms with Gasteiger partial charge in [0.15, 0.2) is 0 Å². The monoisotopic (exact) mass is 341 g/mol. The molecule has 0 unspecified atom stereocenters. The number of nitrogens with two attached hydrogens (primary N) is 1. The number of imidazole rings is 1. The molecular formula is C18H23N5O2. The molecule has 3 amide bonds. The molecule has 0 atom stereocenters. The Hall–Kier alpha value is -2.83. The molecule has 1 aromatic carbocycles. The first kappa shape index (κ1) is 17.0. The van der Waals surface area contributed by atoms with Crippen molar-refractivity contribution < 1.29 is 9.59 Å². The first-order valence-corrected chi connectivity index (χ1v) is 8.54. The Labute approximate surface area is 146 Å². The van der Waals surface area contributed by atoms with Crippen LogP contribution in [0.4, 0.5) is 10.5 Å². The molecule has 2 heterocycles. The van der Waals surface area contributed by atoms with Gasteiger partial charge in [-0.1, -0.05) is 0 Å². The molecule has 0 spiro atoms. The van der Waals surface area contributed by atoms with Gasteiger partial charge in [0.1, 0.15) is 5.82 Å². The molecule has 4 N–H and O–H groups in total. The average molecular weight is 341 g/mol. The largest absolute Gasteiger partial charge is 0.352 e. The van der Waals surface area contributed by atoms with Crippen LogP contribution >= 0.6 is 0 Å². The molecule has 7 heteroatoms. The summed E-state index contributed by atoms with van der Waals surface area (Å²) in [5.41, 5.74) is 8.44. The molecule has 132 valence electrons. The number of fused-ring (bicyclic) bond motifs is 1. The van der Waals surface area contributed by atoms with Crippen molar-refractivity contribution in [3.05, 3.63) is 47.0 Å². The molecule has 7 nitrogen and oxygen atoms in total. The maximum atomic E-state index is 12.2. The number of aryl methyl sites for hydroxylation is 2. The van der Waals surface area contributed by atoms with E-state index in [1.165, 1.54) is 24.4 Å². The first-order chi connectivity index (χ1) is 12.0. The highest BCUT2D eigenvalue weighted by atomic mass is 16.2. The quantitative estimate of drug-likeness (QED) is 0.775. The van der Waals surface area contributed by atoms with Crippen LogP contribution in [0.3, 0.4) is 0 Å². The molecule has 0 bridgehead atoms. The number of hydrogen-bond acceptors (Lipinski definition) is 3. The third kappa shape index (κ3) is 3.99. The fourth-order valence-corrected chi connectivity index (χ4v) is 3.24. The van der Waals surface area contributed by atoms with Crippen molar-refractivity contribution in [1.29, 1.82) is 0 Å². The second-order valence-electron chi connectivity index (χ2n) is 6.24. The van der Waals surface area contributed by atoms with Crippen LogP contribution < -0.4 is 16.4 Å². The van der Waals surface area contributed by atoms with Crippen LogP contribution in [0.25, 0.3) is 0 Å². The van der Waals surface area contributed by atoms with Crippen LogP contribution in [0.5, 0.6) is 0 Å². The summed E-state index contributed by atoms with van der Waals surface area (Å²) in [6, 6.07) is 5.99. The molecule has 0 fully saturated rings. The SMILES string of the molecule is Cc1nc2n(c1CCNC(=O)c1ccc(NC(N)=O)cc1)CCCC2. The minimum absolute atomic E-state index is 0.137. The maximum Gasteiger partial charge on any atom is 0.316 e. The van der Waals surface area contributed by atoms with E-state index in [1.54, 1.807) is 24.3 Å². The van der Waals surface area contributed by atoms with Crippen LogP contribution in [-0.2, 0) is 19.4 Å². The van der Waals surface area contributed by atoms with Gasteiger partial charge in [-0.05, 0) is 44.0 Å². The highest BCUT2D eigenvalue weighted by Crippen LogP contribution is 2.19. The molecular weight excluding hydrogens is 318 g/mol. The number of anilines is 1. The van der Waals surface area contributed by atoms with Crippen LogP contribution in [0.1, 0.15) is 40.4 Å². The number of nitrogens with zero attached hydrogens (tertiary/aromatic N) is 2. The molecule has 1 aromatic heterocycles. The zero-order chi connectivity index (χ0) is 17.8. The molecule has 25 heavy (non-hydrogen) atoms. The molecule has 0 saturated heterocycles. The zero-order valence-electron chi connectivity index (χ0n) is 14.3. The number of urea groups is 1. The van der Waals surface area contributed by atoms with Gasteiger partial charge in [0.2, 0.25) is 0 Å². The van der Waals surface area contributed by atoms with E-state index in [1.807, 2.05) is 6.92 Å². The number of rotatable bonds is 5. The van der Waals surface area contributed by atoms with Crippen LogP contribution in [0, 0.1) is 6.92 Å². The van der Waals surface area contributed by atoms with E-state index in [0.717, 1.165) is 25.1 Å². The number of hydrogen-bond donors (Lipinski definition) is 3. The summed E-state index contributed by atoms with van der Waals surface area (Å²) >= 11 is 0. The standard InChI is InChI=1S/C18H23N5O2/c1-12-15(23-11-3-2-4-16(23)21-12)9-10-20-17(24)13-5-7-14(8-6-13)22-18(19)25/h5-8H,2-4,9-11H2,1H3,(H,20,24)(H3,19,22,25). The van der Waals surface area contributed by atoms with E-state index in [-0.39, 0.29) is 5.91 Å². The maximum absolute atomic E-state index is 12.2. The third-order valence-electron chi connectivity index (χ3n) is 4.45. The summed E-state index contributed by atoms with van der Waals surface area (Å²) in [7, 11) is 0. The van der Waals surface area contributed by atoms with E-state index < -0.39 is 6.03 Å². The lowest BCUT2D eigenvalue weighted by molar-refractivity contribution is 0.0954. The van der Waals surface area contributed by atoms with Gasteiger partial charge in [-0.2, -0.15) is 0 Å². The minimum atomic E-state index is -0.628. The van der Waals surface area contributed by atoms with E-state index in [0.29, 0.717) is 17.8 Å².